The topological polar surface area (TPSA) is 65.6 Å². The van der Waals surface area contributed by atoms with E-state index in [0.29, 0.717) is 19.4 Å². The number of aromatic nitrogens is 1. The maximum atomic E-state index is 12.6. The number of carbonyl (C=O) groups excluding carboxylic acids is 2. The van der Waals surface area contributed by atoms with Gasteiger partial charge in [-0.2, -0.15) is 0 Å². The van der Waals surface area contributed by atoms with Gasteiger partial charge in [-0.05, 0) is 60.9 Å². The molecule has 1 aromatic heterocycles. The smallest absolute Gasteiger partial charge is 0.222 e. The molecule has 2 saturated heterocycles. The highest BCUT2D eigenvalue weighted by Crippen LogP contribution is 2.40. The molecule has 2 fully saturated rings. The van der Waals surface area contributed by atoms with E-state index in [0.717, 1.165) is 62.3 Å². The van der Waals surface area contributed by atoms with Crippen molar-refractivity contribution in [1.29, 1.82) is 0 Å². The van der Waals surface area contributed by atoms with Gasteiger partial charge < -0.3 is 19.5 Å². The SMILES string of the molecule is COc1ccc(CN2CC3(CCC2=O)CCN(C(=O)CCc2ccc[nH]2)CC3)cc1. The minimum absolute atomic E-state index is 0.149. The fourth-order valence-corrected chi connectivity index (χ4v) is 4.76. The van der Waals surface area contributed by atoms with Crippen molar-refractivity contribution in [2.75, 3.05) is 26.7 Å². The van der Waals surface area contributed by atoms with Gasteiger partial charge >= 0.3 is 0 Å². The van der Waals surface area contributed by atoms with Crippen molar-refractivity contribution in [3.63, 3.8) is 0 Å². The van der Waals surface area contributed by atoms with Crippen LogP contribution >= 0.6 is 0 Å². The summed E-state index contributed by atoms with van der Waals surface area (Å²) >= 11 is 0. The Hall–Kier alpha value is -2.76. The number of likely N-dealkylation sites (tertiary alicyclic amines) is 2. The van der Waals surface area contributed by atoms with Gasteiger partial charge in [-0.3, -0.25) is 9.59 Å². The molecule has 0 bridgehead atoms. The minimum atomic E-state index is 0.149. The second kappa shape index (κ2) is 8.94. The summed E-state index contributed by atoms with van der Waals surface area (Å²) in [7, 11) is 1.66. The molecule has 6 heteroatoms. The van der Waals surface area contributed by atoms with Crippen LogP contribution in [0.5, 0.6) is 5.75 Å². The molecular formula is C24H31N3O3. The van der Waals surface area contributed by atoms with Crippen molar-refractivity contribution in [2.45, 2.75) is 45.1 Å². The number of nitrogens with one attached hydrogen (secondary N) is 1. The fraction of sp³-hybridized carbons (Fsp3) is 0.500. The van der Waals surface area contributed by atoms with Crippen molar-refractivity contribution in [3.05, 3.63) is 53.9 Å². The number of carbonyl (C=O) groups is 2. The Kier molecular flexibility index (Phi) is 6.11. The number of methoxy groups -OCH3 is 1. The first-order chi connectivity index (χ1) is 14.6. The van der Waals surface area contributed by atoms with Gasteiger partial charge in [-0.15, -0.1) is 0 Å². The number of piperidine rings is 2. The summed E-state index contributed by atoms with van der Waals surface area (Å²) in [5.74, 6) is 1.30. The van der Waals surface area contributed by atoms with Crippen molar-refractivity contribution in [1.82, 2.24) is 14.8 Å². The van der Waals surface area contributed by atoms with Crippen LogP contribution in [0.2, 0.25) is 0 Å². The maximum Gasteiger partial charge on any atom is 0.222 e. The first-order valence-electron chi connectivity index (χ1n) is 10.9. The number of nitrogens with zero attached hydrogens (tertiary/aromatic N) is 2. The van der Waals surface area contributed by atoms with Crippen molar-refractivity contribution < 1.29 is 14.3 Å². The van der Waals surface area contributed by atoms with Gasteiger partial charge in [0.2, 0.25) is 11.8 Å². The monoisotopic (exact) mass is 409 g/mol. The highest BCUT2D eigenvalue weighted by molar-refractivity contribution is 5.78. The lowest BCUT2D eigenvalue weighted by Crippen LogP contribution is -2.52. The van der Waals surface area contributed by atoms with Gasteiger partial charge in [0.25, 0.3) is 0 Å². The van der Waals surface area contributed by atoms with Gasteiger partial charge in [0.1, 0.15) is 5.75 Å². The van der Waals surface area contributed by atoms with Crippen LogP contribution in [0.1, 0.15) is 43.4 Å². The van der Waals surface area contributed by atoms with E-state index in [-0.39, 0.29) is 17.2 Å². The molecule has 1 aromatic carbocycles. The van der Waals surface area contributed by atoms with E-state index in [1.54, 1.807) is 7.11 Å². The maximum absolute atomic E-state index is 12.6. The molecule has 0 unspecified atom stereocenters. The average molecular weight is 410 g/mol. The third-order valence-corrected chi connectivity index (χ3v) is 6.73. The fourth-order valence-electron chi connectivity index (χ4n) is 4.76. The summed E-state index contributed by atoms with van der Waals surface area (Å²) < 4.78 is 5.22. The standard InChI is InChI=1S/C24H31N3O3/c1-30-21-7-4-19(5-8-21)17-27-18-24(11-10-23(27)29)12-15-26(16-13-24)22(28)9-6-20-3-2-14-25-20/h2-5,7-8,14,25H,6,9-13,15-18H2,1H3. The zero-order valence-electron chi connectivity index (χ0n) is 17.7. The van der Waals surface area contributed by atoms with E-state index in [1.807, 2.05) is 52.4 Å². The predicted molar refractivity (Wildman–Crippen MR) is 115 cm³/mol. The van der Waals surface area contributed by atoms with E-state index in [4.69, 9.17) is 4.74 Å². The quantitative estimate of drug-likeness (QED) is 0.795. The number of benzene rings is 1. The molecule has 2 aliphatic heterocycles. The van der Waals surface area contributed by atoms with Crippen LogP contribution in [0.4, 0.5) is 0 Å². The first-order valence-corrected chi connectivity index (χ1v) is 10.9. The summed E-state index contributed by atoms with van der Waals surface area (Å²) in [4.78, 5) is 32.3. The summed E-state index contributed by atoms with van der Waals surface area (Å²) in [5.41, 5.74) is 2.38. The van der Waals surface area contributed by atoms with Gasteiger partial charge in [-0.1, -0.05) is 12.1 Å². The average Bonchev–Trinajstić information content (AvgIpc) is 3.30. The molecule has 0 saturated carbocycles. The molecule has 2 aromatic rings. The largest absolute Gasteiger partial charge is 0.497 e. The molecule has 6 nitrogen and oxygen atoms in total. The summed E-state index contributed by atoms with van der Waals surface area (Å²) in [6, 6.07) is 11.9. The number of amides is 2. The van der Waals surface area contributed by atoms with Crippen LogP contribution in [0.25, 0.3) is 0 Å². The number of rotatable bonds is 6. The number of hydrogen-bond donors (Lipinski definition) is 1. The van der Waals surface area contributed by atoms with Crippen LogP contribution < -0.4 is 4.74 Å². The van der Waals surface area contributed by atoms with Gasteiger partial charge in [0.15, 0.2) is 0 Å². The lowest BCUT2D eigenvalue weighted by atomic mass is 9.72. The zero-order chi connectivity index (χ0) is 21.0. The van der Waals surface area contributed by atoms with Crippen molar-refractivity contribution >= 4 is 11.8 Å². The highest BCUT2D eigenvalue weighted by Gasteiger charge is 2.41. The summed E-state index contributed by atoms with van der Waals surface area (Å²) in [6.07, 6.45) is 6.72. The lowest BCUT2D eigenvalue weighted by molar-refractivity contribution is -0.143. The Bertz CT molecular complexity index is 852. The molecule has 30 heavy (non-hydrogen) atoms. The molecule has 0 radical (unpaired) electrons. The van der Waals surface area contributed by atoms with Crippen LogP contribution in [-0.2, 0) is 22.6 Å². The Morgan fingerprint density at radius 2 is 1.90 bits per heavy atom. The molecule has 0 aliphatic carbocycles. The molecule has 3 heterocycles. The van der Waals surface area contributed by atoms with E-state index in [9.17, 15) is 9.59 Å². The van der Waals surface area contributed by atoms with Crippen LogP contribution in [0.3, 0.4) is 0 Å². The predicted octanol–water partition coefficient (Wildman–Crippen LogP) is 3.39. The molecule has 160 valence electrons. The Morgan fingerprint density at radius 1 is 1.13 bits per heavy atom. The van der Waals surface area contributed by atoms with Crippen LogP contribution in [0, 0.1) is 5.41 Å². The van der Waals surface area contributed by atoms with Gasteiger partial charge in [-0.25, -0.2) is 0 Å². The van der Waals surface area contributed by atoms with Crippen molar-refractivity contribution in [2.24, 2.45) is 5.41 Å². The van der Waals surface area contributed by atoms with Crippen LogP contribution in [0.15, 0.2) is 42.6 Å². The lowest BCUT2D eigenvalue weighted by Gasteiger charge is -2.47. The molecule has 1 spiro atoms. The molecule has 2 amide bonds. The summed E-state index contributed by atoms with van der Waals surface area (Å²) in [6.45, 7) is 3.04. The molecule has 4 rings (SSSR count). The molecular weight excluding hydrogens is 378 g/mol. The first kappa shape index (κ1) is 20.5. The number of hydrogen-bond acceptors (Lipinski definition) is 3. The zero-order valence-corrected chi connectivity index (χ0v) is 17.7. The van der Waals surface area contributed by atoms with Gasteiger partial charge in [0, 0.05) is 50.9 Å². The highest BCUT2D eigenvalue weighted by atomic mass is 16.5. The second-order valence-corrected chi connectivity index (χ2v) is 8.67. The third-order valence-electron chi connectivity index (χ3n) is 6.73. The Balaban J connectivity index is 1.31. The molecule has 2 aliphatic rings. The minimum Gasteiger partial charge on any atom is -0.497 e. The van der Waals surface area contributed by atoms with E-state index in [2.05, 4.69) is 4.98 Å². The number of ether oxygens (including phenoxy) is 1. The normalized spacial score (nSPS) is 18.6. The van der Waals surface area contributed by atoms with E-state index in [1.165, 1.54) is 0 Å². The van der Waals surface area contributed by atoms with E-state index >= 15 is 0 Å². The molecule has 0 atom stereocenters. The summed E-state index contributed by atoms with van der Waals surface area (Å²) in [5, 5.41) is 0. The van der Waals surface area contributed by atoms with E-state index < -0.39 is 0 Å². The van der Waals surface area contributed by atoms with Crippen LogP contribution in [-0.4, -0.2) is 53.3 Å². The molecule has 1 N–H and O–H groups in total. The Morgan fingerprint density at radius 3 is 2.57 bits per heavy atom. The van der Waals surface area contributed by atoms with Crippen molar-refractivity contribution in [3.8, 4) is 5.75 Å². The van der Waals surface area contributed by atoms with Gasteiger partial charge in [0.05, 0.1) is 7.11 Å². The number of aromatic amines is 1. The number of aryl methyl sites for hydroxylation is 1. The Labute approximate surface area is 178 Å². The third kappa shape index (κ3) is 4.69. The number of H-pyrrole nitrogens is 1. The second-order valence-electron chi connectivity index (χ2n) is 8.67.